The molecule has 1 aliphatic rings. The van der Waals surface area contributed by atoms with E-state index in [-0.39, 0.29) is 17.7 Å². The molecule has 1 aliphatic heterocycles. The number of esters is 1. The Morgan fingerprint density at radius 2 is 1.89 bits per heavy atom. The highest BCUT2D eigenvalue weighted by molar-refractivity contribution is 6.24. The lowest BCUT2D eigenvalue weighted by Gasteiger charge is -2.13. The summed E-state index contributed by atoms with van der Waals surface area (Å²) in [6.07, 6.45) is 0. The van der Waals surface area contributed by atoms with E-state index in [1.54, 1.807) is 24.3 Å². The van der Waals surface area contributed by atoms with Gasteiger partial charge in [-0.3, -0.25) is 29.4 Å². The first kappa shape index (κ1) is 18.1. The third kappa shape index (κ3) is 3.47. The van der Waals surface area contributed by atoms with E-state index in [9.17, 15) is 24.5 Å². The molecule has 2 aromatic carbocycles. The number of carbonyl (C=O) groups is 3. The summed E-state index contributed by atoms with van der Waals surface area (Å²) in [4.78, 5) is 47.8. The van der Waals surface area contributed by atoms with E-state index in [0.29, 0.717) is 16.2 Å². The molecular formula is C18H14N2O7. The van der Waals surface area contributed by atoms with Crippen LogP contribution in [-0.4, -0.2) is 41.3 Å². The molecular weight excluding hydrogens is 356 g/mol. The Labute approximate surface area is 153 Å². The van der Waals surface area contributed by atoms with Crippen molar-refractivity contribution in [3.63, 3.8) is 0 Å². The molecule has 0 spiro atoms. The van der Waals surface area contributed by atoms with Gasteiger partial charge < -0.3 is 9.47 Å². The largest absolute Gasteiger partial charge is 0.497 e. The van der Waals surface area contributed by atoms with E-state index >= 15 is 0 Å². The average Bonchev–Trinajstić information content (AvgIpc) is 2.91. The van der Waals surface area contributed by atoms with Gasteiger partial charge in [-0.05, 0) is 23.8 Å². The van der Waals surface area contributed by atoms with Crippen LogP contribution in [0.4, 0.5) is 5.69 Å². The van der Waals surface area contributed by atoms with E-state index in [0.717, 1.165) is 6.07 Å². The Balaban J connectivity index is 1.70. The number of rotatable bonds is 6. The molecule has 2 aromatic rings. The number of ether oxygens (including phenoxy) is 2. The van der Waals surface area contributed by atoms with E-state index in [1.807, 2.05) is 0 Å². The molecule has 0 saturated carbocycles. The first-order valence-electron chi connectivity index (χ1n) is 7.84. The van der Waals surface area contributed by atoms with Crippen LogP contribution in [0.3, 0.4) is 0 Å². The van der Waals surface area contributed by atoms with Crippen LogP contribution in [0.25, 0.3) is 0 Å². The molecule has 0 aromatic heterocycles. The van der Waals surface area contributed by atoms with E-state index < -0.39 is 34.9 Å². The Morgan fingerprint density at radius 1 is 1.15 bits per heavy atom. The molecule has 0 aliphatic carbocycles. The number of nitro benzene ring substituents is 1. The second-order valence-corrected chi connectivity index (χ2v) is 5.67. The van der Waals surface area contributed by atoms with Crippen LogP contribution >= 0.6 is 0 Å². The molecule has 0 saturated heterocycles. The molecule has 0 unspecified atom stereocenters. The first-order valence-corrected chi connectivity index (χ1v) is 7.84. The molecule has 3 rings (SSSR count). The number of hydrogen-bond acceptors (Lipinski definition) is 7. The highest BCUT2D eigenvalue weighted by atomic mass is 16.6. The fourth-order valence-corrected chi connectivity index (χ4v) is 2.71. The molecule has 9 nitrogen and oxygen atoms in total. The van der Waals surface area contributed by atoms with Crippen molar-refractivity contribution in [3.8, 4) is 5.75 Å². The average molecular weight is 370 g/mol. The van der Waals surface area contributed by atoms with Gasteiger partial charge in [0.15, 0.2) is 0 Å². The quantitative estimate of drug-likeness (QED) is 0.330. The van der Waals surface area contributed by atoms with Gasteiger partial charge >= 0.3 is 5.97 Å². The number of nitrogens with zero attached hydrogens (tertiary/aromatic N) is 2. The third-order valence-corrected chi connectivity index (χ3v) is 3.99. The normalized spacial score (nSPS) is 12.7. The number of hydrogen-bond donors (Lipinski definition) is 0. The number of methoxy groups -OCH3 is 1. The standard InChI is InChI=1S/C18H14N2O7/c1-26-12-5-2-4-11(8-12)10-27-15(21)9-19-17(22)13-6-3-7-14(20(24)25)16(13)18(19)23/h2-8H,9-10H2,1H3. The number of imide groups is 1. The maximum atomic E-state index is 12.4. The van der Waals surface area contributed by atoms with E-state index in [1.165, 1.54) is 19.2 Å². The van der Waals surface area contributed by atoms with Crippen LogP contribution in [0.1, 0.15) is 26.3 Å². The molecule has 0 bridgehead atoms. The minimum Gasteiger partial charge on any atom is -0.497 e. The third-order valence-electron chi connectivity index (χ3n) is 3.99. The van der Waals surface area contributed by atoms with Crippen molar-refractivity contribution in [2.24, 2.45) is 0 Å². The van der Waals surface area contributed by atoms with Crippen molar-refractivity contribution in [1.29, 1.82) is 0 Å². The van der Waals surface area contributed by atoms with Gasteiger partial charge in [0.1, 0.15) is 24.5 Å². The number of amides is 2. The van der Waals surface area contributed by atoms with Crippen LogP contribution in [0.2, 0.25) is 0 Å². The lowest BCUT2D eigenvalue weighted by atomic mass is 10.1. The second-order valence-electron chi connectivity index (χ2n) is 5.67. The van der Waals surface area contributed by atoms with Crippen molar-refractivity contribution in [3.05, 3.63) is 69.3 Å². The van der Waals surface area contributed by atoms with E-state index in [2.05, 4.69) is 0 Å². The van der Waals surface area contributed by atoms with Crippen LogP contribution in [0.15, 0.2) is 42.5 Å². The monoisotopic (exact) mass is 370 g/mol. The summed E-state index contributed by atoms with van der Waals surface area (Å²) in [7, 11) is 1.51. The summed E-state index contributed by atoms with van der Waals surface area (Å²) in [5.74, 6) is -1.87. The SMILES string of the molecule is COc1cccc(COC(=O)CN2C(=O)c3cccc([N+](=O)[O-])c3C2=O)c1. The smallest absolute Gasteiger partial charge is 0.326 e. The molecule has 0 N–H and O–H groups in total. The van der Waals surface area contributed by atoms with Gasteiger partial charge in [-0.1, -0.05) is 18.2 Å². The highest BCUT2D eigenvalue weighted by Gasteiger charge is 2.41. The number of benzene rings is 2. The zero-order chi connectivity index (χ0) is 19.6. The molecule has 1 heterocycles. The van der Waals surface area contributed by atoms with Gasteiger partial charge in [0.05, 0.1) is 17.6 Å². The molecule has 27 heavy (non-hydrogen) atoms. The van der Waals surface area contributed by atoms with Gasteiger partial charge in [0, 0.05) is 6.07 Å². The number of carbonyl (C=O) groups excluding carboxylic acids is 3. The van der Waals surface area contributed by atoms with Gasteiger partial charge in [-0.25, -0.2) is 0 Å². The highest BCUT2D eigenvalue weighted by Crippen LogP contribution is 2.30. The lowest BCUT2D eigenvalue weighted by Crippen LogP contribution is -2.35. The van der Waals surface area contributed by atoms with Crippen LogP contribution in [0, 0.1) is 10.1 Å². The van der Waals surface area contributed by atoms with Gasteiger partial charge in [-0.2, -0.15) is 0 Å². The minimum absolute atomic E-state index is 0.0701. The molecule has 0 fully saturated rings. The summed E-state index contributed by atoms with van der Waals surface area (Å²) in [5, 5.41) is 11.1. The predicted molar refractivity (Wildman–Crippen MR) is 91.3 cm³/mol. The van der Waals surface area contributed by atoms with Crippen molar-refractivity contribution >= 4 is 23.5 Å². The van der Waals surface area contributed by atoms with Gasteiger partial charge in [0.25, 0.3) is 17.5 Å². The zero-order valence-electron chi connectivity index (χ0n) is 14.2. The number of fused-ring (bicyclic) bond motifs is 1. The Kier molecular flexibility index (Phi) is 4.84. The van der Waals surface area contributed by atoms with Crippen molar-refractivity contribution < 1.29 is 28.8 Å². The summed E-state index contributed by atoms with van der Waals surface area (Å²) < 4.78 is 10.2. The summed E-state index contributed by atoms with van der Waals surface area (Å²) in [6, 6.07) is 10.6. The van der Waals surface area contributed by atoms with Gasteiger partial charge in [0.2, 0.25) is 0 Å². The fourth-order valence-electron chi connectivity index (χ4n) is 2.71. The number of nitro groups is 1. The van der Waals surface area contributed by atoms with Crippen LogP contribution < -0.4 is 4.74 Å². The molecule has 2 amide bonds. The topological polar surface area (TPSA) is 116 Å². The van der Waals surface area contributed by atoms with E-state index in [4.69, 9.17) is 9.47 Å². The predicted octanol–water partition coefficient (Wildman–Crippen LogP) is 1.94. The molecule has 0 atom stereocenters. The zero-order valence-corrected chi connectivity index (χ0v) is 14.2. The summed E-state index contributed by atoms with van der Waals surface area (Å²) in [5.41, 5.74) is -0.221. The Hall–Kier alpha value is -3.75. The Morgan fingerprint density at radius 3 is 2.59 bits per heavy atom. The lowest BCUT2D eigenvalue weighted by molar-refractivity contribution is -0.385. The maximum Gasteiger partial charge on any atom is 0.326 e. The second kappa shape index (κ2) is 7.24. The maximum absolute atomic E-state index is 12.4. The molecule has 0 radical (unpaired) electrons. The Bertz CT molecular complexity index is 954. The van der Waals surface area contributed by atoms with Crippen molar-refractivity contribution in [2.45, 2.75) is 6.61 Å². The summed E-state index contributed by atoms with van der Waals surface area (Å²) in [6.45, 7) is -0.702. The molecule has 138 valence electrons. The van der Waals surface area contributed by atoms with Gasteiger partial charge in [-0.15, -0.1) is 0 Å². The first-order chi connectivity index (χ1) is 12.9. The van der Waals surface area contributed by atoms with Crippen LogP contribution in [0.5, 0.6) is 5.75 Å². The van der Waals surface area contributed by atoms with Crippen molar-refractivity contribution in [1.82, 2.24) is 4.90 Å². The molecule has 9 heteroatoms. The minimum atomic E-state index is -0.888. The van der Waals surface area contributed by atoms with Crippen molar-refractivity contribution in [2.75, 3.05) is 13.7 Å². The van der Waals surface area contributed by atoms with Crippen LogP contribution in [-0.2, 0) is 16.1 Å². The fraction of sp³-hybridized carbons (Fsp3) is 0.167. The summed E-state index contributed by atoms with van der Waals surface area (Å²) >= 11 is 0.